The van der Waals surface area contributed by atoms with Crippen molar-refractivity contribution >= 4 is 17.7 Å². The fourth-order valence-electron chi connectivity index (χ4n) is 4.14. The van der Waals surface area contributed by atoms with E-state index in [-0.39, 0.29) is 11.6 Å². The second-order valence-corrected chi connectivity index (χ2v) is 8.70. The van der Waals surface area contributed by atoms with Gasteiger partial charge in [0.1, 0.15) is 11.8 Å². The van der Waals surface area contributed by atoms with Crippen molar-refractivity contribution < 1.29 is 14.6 Å². The van der Waals surface area contributed by atoms with Crippen molar-refractivity contribution in [2.24, 2.45) is 0 Å². The Kier molecular flexibility index (Phi) is 6.73. The summed E-state index contributed by atoms with van der Waals surface area (Å²) in [7, 11) is 0. The number of nitrogens with zero attached hydrogens (tertiary/aromatic N) is 3. The van der Waals surface area contributed by atoms with Crippen molar-refractivity contribution in [1.82, 2.24) is 20.2 Å². The standard InChI is InChI=1S/C19H30N4O3S/c1-18(22-16(24)15-14-20-7-8-21-15)6-12-26-19(17(18)25)4-10-23(11-5-19)9-3-13-27-2/h7-8,14,17,25H,3-6,9-13H2,1-2H3,(H,22,24)/t17-,18+/m1/s1. The van der Waals surface area contributed by atoms with Crippen molar-refractivity contribution in [1.29, 1.82) is 0 Å². The number of carbonyl (C=O) groups excluding carboxylic acids is 1. The topological polar surface area (TPSA) is 87.6 Å². The van der Waals surface area contributed by atoms with Gasteiger partial charge in [0, 0.05) is 32.1 Å². The minimum atomic E-state index is -0.757. The van der Waals surface area contributed by atoms with Crippen LogP contribution in [0.3, 0.4) is 0 Å². The van der Waals surface area contributed by atoms with Crippen LogP contribution in [0.2, 0.25) is 0 Å². The summed E-state index contributed by atoms with van der Waals surface area (Å²) >= 11 is 1.87. The number of amides is 1. The molecule has 1 aromatic heterocycles. The average molecular weight is 395 g/mol. The van der Waals surface area contributed by atoms with E-state index in [2.05, 4.69) is 26.4 Å². The molecule has 1 amide bonds. The highest BCUT2D eigenvalue weighted by atomic mass is 32.2. The Morgan fingerprint density at radius 3 is 2.85 bits per heavy atom. The van der Waals surface area contributed by atoms with Crippen molar-refractivity contribution in [3.05, 3.63) is 24.3 Å². The summed E-state index contributed by atoms with van der Waals surface area (Å²) in [5.74, 6) is 0.865. The number of carbonyl (C=O) groups is 1. The van der Waals surface area contributed by atoms with Gasteiger partial charge in [-0.15, -0.1) is 0 Å². The largest absolute Gasteiger partial charge is 0.388 e. The Labute approximate surface area is 165 Å². The molecule has 0 unspecified atom stereocenters. The summed E-state index contributed by atoms with van der Waals surface area (Å²) in [4.78, 5) is 23.0. The first kappa shape index (κ1) is 20.5. The summed E-state index contributed by atoms with van der Waals surface area (Å²) in [6.07, 6.45) is 9.15. The molecule has 0 radical (unpaired) electrons. The third kappa shape index (κ3) is 4.62. The van der Waals surface area contributed by atoms with E-state index >= 15 is 0 Å². The number of piperidine rings is 1. The third-order valence-corrected chi connectivity index (χ3v) is 6.53. The quantitative estimate of drug-likeness (QED) is 0.704. The average Bonchev–Trinajstić information content (AvgIpc) is 2.69. The molecule has 0 aromatic carbocycles. The van der Waals surface area contributed by atoms with E-state index in [0.717, 1.165) is 32.5 Å². The fourth-order valence-corrected chi connectivity index (χ4v) is 4.56. The number of rotatable bonds is 6. The zero-order valence-corrected chi connectivity index (χ0v) is 17.0. The molecular weight excluding hydrogens is 364 g/mol. The van der Waals surface area contributed by atoms with Crippen LogP contribution in [0.1, 0.15) is 43.1 Å². The molecular formula is C19H30N4O3S. The van der Waals surface area contributed by atoms with Gasteiger partial charge in [0.2, 0.25) is 0 Å². The molecule has 2 atom stereocenters. The first-order valence-corrected chi connectivity index (χ1v) is 11.0. The van der Waals surface area contributed by atoms with Crippen molar-refractivity contribution in [3.63, 3.8) is 0 Å². The van der Waals surface area contributed by atoms with Crippen LogP contribution in [0.4, 0.5) is 0 Å². The van der Waals surface area contributed by atoms with Crippen molar-refractivity contribution in [3.8, 4) is 0 Å². The molecule has 7 nitrogen and oxygen atoms in total. The number of hydrogen-bond donors (Lipinski definition) is 2. The molecule has 0 bridgehead atoms. The molecule has 8 heteroatoms. The molecule has 1 spiro atoms. The van der Waals surface area contributed by atoms with Crippen LogP contribution in [0.15, 0.2) is 18.6 Å². The lowest BCUT2D eigenvalue weighted by atomic mass is 9.73. The van der Waals surface area contributed by atoms with Gasteiger partial charge in [-0.3, -0.25) is 9.78 Å². The van der Waals surface area contributed by atoms with Gasteiger partial charge in [-0.2, -0.15) is 11.8 Å². The highest BCUT2D eigenvalue weighted by molar-refractivity contribution is 7.98. The first-order valence-electron chi connectivity index (χ1n) is 9.61. The number of aliphatic hydroxyl groups is 1. The monoisotopic (exact) mass is 394 g/mol. The van der Waals surface area contributed by atoms with E-state index in [1.807, 2.05) is 18.7 Å². The molecule has 150 valence electrons. The Balaban J connectivity index is 1.63. The molecule has 0 saturated carbocycles. The SMILES string of the molecule is CSCCCN1CCC2(CC1)OCC[C@](C)(NC(=O)c1cnccn1)[C@H]2O. The smallest absolute Gasteiger partial charge is 0.271 e. The van der Waals surface area contributed by atoms with Gasteiger partial charge >= 0.3 is 0 Å². The van der Waals surface area contributed by atoms with E-state index in [0.29, 0.717) is 13.0 Å². The fraction of sp³-hybridized carbons (Fsp3) is 0.737. The molecule has 2 fully saturated rings. The number of thioether (sulfide) groups is 1. The van der Waals surface area contributed by atoms with Gasteiger partial charge in [0.05, 0.1) is 17.3 Å². The number of nitrogens with one attached hydrogen (secondary N) is 1. The number of aromatic nitrogens is 2. The molecule has 0 aliphatic carbocycles. The van der Waals surface area contributed by atoms with Crippen molar-refractivity contribution in [2.75, 3.05) is 38.2 Å². The van der Waals surface area contributed by atoms with Gasteiger partial charge < -0.3 is 20.1 Å². The van der Waals surface area contributed by atoms with Crippen LogP contribution >= 0.6 is 11.8 Å². The third-order valence-electron chi connectivity index (χ3n) is 5.83. The first-order chi connectivity index (χ1) is 13.0. The number of aliphatic hydroxyl groups excluding tert-OH is 1. The maximum absolute atomic E-state index is 12.6. The maximum Gasteiger partial charge on any atom is 0.271 e. The van der Waals surface area contributed by atoms with Crippen LogP contribution in [-0.4, -0.2) is 81.4 Å². The molecule has 2 saturated heterocycles. The van der Waals surface area contributed by atoms with Crippen LogP contribution < -0.4 is 5.32 Å². The van der Waals surface area contributed by atoms with E-state index < -0.39 is 17.2 Å². The van der Waals surface area contributed by atoms with Crippen LogP contribution in [0.25, 0.3) is 0 Å². The normalized spacial score (nSPS) is 28.2. The Morgan fingerprint density at radius 1 is 1.41 bits per heavy atom. The molecule has 2 N–H and O–H groups in total. The summed E-state index contributed by atoms with van der Waals surface area (Å²) in [6, 6.07) is 0. The predicted molar refractivity (Wildman–Crippen MR) is 106 cm³/mol. The zero-order chi connectivity index (χ0) is 19.3. The molecule has 27 heavy (non-hydrogen) atoms. The summed E-state index contributed by atoms with van der Waals surface area (Å²) in [5.41, 5.74) is -1.07. The Hall–Kier alpha value is -1.22. The second-order valence-electron chi connectivity index (χ2n) is 7.72. The summed E-state index contributed by atoms with van der Waals surface area (Å²) in [5, 5.41) is 14.2. The number of ether oxygens (including phenoxy) is 1. The summed E-state index contributed by atoms with van der Waals surface area (Å²) in [6.45, 7) is 5.36. The highest BCUT2D eigenvalue weighted by Crippen LogP contribution is 2.40. The summed E-state index contributed by atoms with van der Waals surface area (Å²) < 4.78 is 6.12. The zero-order valence-electron chi connectivity index (χ0n) is 16.2. The van der Waals surface area contributed by atoms with Crippen LogP contribution in [0, 0.1) is 0 Å². The maximum atomic E-state index is 12.6. The molecule has 2 aliphatic rings. The Bertz CT molecular complexity index is 625. The van der Waals surface area contributed by atoms with Crippen LogP contribution in [-0.2, 0) is 4.74 Å². The second kappa shape index (κ2) is 8.86. The van der Waals surface area contributed by atoms with Crippen molar-refractivity contribution in [2.45, 2.75) is 49.9 Å². The molecule has 3 heterocycles. The van der Waals surface area contributed by atoms with Gasteiger partial charge in [0.15, 0.2) is 0 Å². The lowest BCUT2D eigenvalue weighted by Gasteiger charge is -2.53. The minimum Gasteiger partial charge on any atom is -0.388 e. The minimum absolute atomic E-state index is 0.259. The van der Waals surface area contributed by atoms with E-state index in [1.165, 1.54) is 30.8 Å². The van der Waals surface area contributed by atoms with E-state index in [9.17, 15) is 9.90 Å². The number of hydrogen-bond acceptors (Lipinski definition) is 7. The number of likely N-dealkylation sites (tertiary alicyclic amines) is 1. The van der Waals surface area contributed by atoms with Gasteiger partial charge in [0.25, 0.3) is 5.91 Å². The van der Waals surface area contributed by atoms with Gasteiger partial charge in [-0.05, 0) is 51.2 Å². The van der Waals surface area contributed by atoms with Gasteiger partial charge in [-0.1, -0.05) is 0 Å². The van der Waals surface area contributed by atoms with Crippen LogP contribution in [0.5, 0.6) is 0 Å². The predicted octanol–water partition coefficient (Wildman–Crippen LogP) is 1.33. The Morgan fingerprint density at radius 2 is 2.19 bits per heavy atom. The lowest BCUT2D eigenvalue weighted by Crippen LogP contribution is -2.69. The molecule has 1 aromatic rings. The lowest BCUT2D eigenvalue weighted by molar-refractivity contribution is -0.205. The van der Waals surface area contributed by atoms with Gasteiger partial charge in [-0.25, -0.2) is 4.98 Å². The van der Waals surface area contributed by atoms with E-state index in [1.54, 1.807) is 0 Å². The molecule has 2 aliphatic heterocycles. The molecule has 3 rings (SSSR count). The highest BCUT2D eigenvalue weighted by Gasteiger charge is 2.53. The van der Waals surface area contributed by atoms with E-state index in [4.69, 9.17) is 4.74 Å².